The first-order valence-electron chi connectivity index (χ1n) is 19.2. The summed E-state index contributed by atoms with van der Waals surface area (Å²) in [6, 6.07) is 49.8. The Morgan fingerprint density at radius 3 is 1.62 bits per heavy atom. The number of carbonyl (C=O) groups is 1. The van der Waals surface area contributed by atoms with Gasteiger partial charge in [-0.25, -0.2) is 4.99 Å². The lowest BCUT2D eigenvalue weighted by Gasteiger charge is -2.41. The maximum absolute atomic E-state index is 15.0. The van der Waals surface area contributed by atoms with Crippen molar-refractivity contribution in [3.63, 3.8) is 0 Å². The van der Waals surface area contributed by atoms with E-state index in [0.717, 1.165) is 92.1 Å². The lowest BCUT2D eigenvalue weighted by atomic mass is 9.79. The van der Waals surface area contributed by atoms with Gasteiger partial charge in [0.2, 0.25) is 5.78 Å². The lowest BCUT2D eigenvalue weighted by molar-refractivity contribution is -0.109. The second-order valence-electron chi connectivity index (χ2n) is 15.5. The van der Waals surface area contributed by atoms with Gasteiger partial charge in [-0.3, -0.25) is 4.79 Å². The molecule has 3 aliphatic carbocycles. The normalized spacial score (nSPS) is 17.5. The summed E-state index contributed by atoms with van der Waals surface area (Å²) in [5.74, 6) is -0.269. The van der Waals surface area contributed by atoms with Gasteiger partial charge in [0.1, 0.15) is 5.76 Å². The Morgan fingerprint density at radius 2 is 1.02 bits per heavy atom. The molecule has 0 aromatic heterocycles. The van der Waals surface area contributed by atoms with Crippen LogP contribution in [0.5, 0.6) is 0 Å². The Kier molecular flexibility index (Phi) is 6.25. The molecular weight excluding hydrogens is 848 g/mol. The highest BCUT2D eigenvalue weighted by atomic mass is 79.9. The van der Waals surface area contributed by atoms with Crippen LogP contribution >= 0.6 is 31.9 Å². The average Bonchev–Trinajstić information content (AvgIpc) is 3.67. The summed E-state index contributed by atoms with van der Waals surface area (Å²) in [7, 11) is 0. The number of fused-ring (bicyclic) bond motifs is 10. The summed E-state index contributed by atoms with van der Waals surface area (Å²) in [4.78, 5) is 20.6. The zero-order chi connectivity index (χ0) is 38.7. The number of hydrogen-bond acceptors (Lipinski definition) is 6. The molecule has 2 spiro atoms. The number of aliphatic hydroxyl groups excluding tert-OH is 1. The van der Waals surface area contributed by atoms with Gasteiger partial charge in [0.15, 0.2) is 11.3 Å². The molecular formula is C50H28Br2N4O2. The van der Waals surface area contributed by atoms with Crippen LogP contribution in [0.3, 0.4) is 0 Å². The van der Waals surface area contributed by atoms with Crippen LogP contribution in [0.15, 0.2) is 165 Å². The topological polar surface area (TPSA) is 85.8 Å². The van der Waals surface area contributed by atoms with Gasteiger partial charge in [-0.2, -0.15) is 0 Å². The summed E-state index contributed by atoms with van der Waals surface area (Å²) >= 11 is 7.57. The molecule has 0 bridgehead atoms. The Balaban J connectivity index is 1.08. The van der Waals surface area contributed by atoms with Crippen LogP contribution in [-0.2, 0) is 16.1 Å². The Labute approximate surface area is 348 Å². The third kappa shape index (κ3) is 3.87. The highest BCUT2D eigenvalue weighted by Gasteiger charge is 2.49. The molecule has 58 heavy (non-hydrogen) atoms. The largest absolute Gasteiger partial charge is 0.506 e. The summed E-state index contributed by atoms with van der Waals surface area (Å²) < 4.78 is 1.86. The minimum Gasteiger partial charge on any atom is -0.506 e. The third-order valence-corrected chi connectivity index (χ3v) is 14.2. The number of hydrogen-bond donors (Lipinski definition) is 4. The fourth-order valence-electron chi connectivity index (χ4n) is 10.4. The van der Waals surface area contributed by atoms with Gasteiger partial charge < -0.3 is 21.1 Å². The van der Waals surface area contributed by atoms with Crippen molar-refractivity contribution in [3.8, 4) is 22.3 Å². The lowest BCUT2D eigenvalue weighted by Crippen LogP contribution is -2.45. The van der Waals surface area contributed by atoms with E-state index in [0.29, 0.717) is 16.1 Å². The quantitative estimate of drug-likeness (QED) is 0.132. The van der Waals surface area contributed by atoms with Gasteiger partial charge in [0.25, 0.3) is 0 Å². The standard InChI is InChI=1S/C50H28Br2N4O2/c51-37-21-23-39-41-29(37)17-19-31(45(41)55-49(53-39)33-13-5-1-9-25(33)26-10-2-6-14-34(26)49)43-47(57)44(48(43)58)32-20-18-30-38(52)22-24-40-42(30)46(32)56-50(54-40)35-15-7-3-11-27(35)28-12-4-8-16-36(28)50/h1-24,53-55,57H. The van der Waals surface area contributed by atoms with E-state index in [1.807, 2.05) is 42.5 Å². The second kappa shape index (κ2) is 11.1. The first-order valence-corrected chi connectivity index (χ1v) is 20.8. The van der Waals surface area contributed by atoms with Gasteiger partial charge in [0, 0.05) is 74.9 Å². The van der Waals surface area contributed by atoms with Crippen LogP contribution in [0.1, 0.15) is 27.8 Å². The van der Waals surface area contributed by atoms with E-state index >= 15 is 0 Å². The summed E-state index contributed by atoms with van der Waals surface area (Å²) in [5, 5.41) is 29.1. The van der Waals surface area contributed by atoms with E-state index in [1.54, 1.807) is 0 Å². The molecule has 0 amide bonds. The molecule has 0 saturated carbocycles. The van der Waals surface area contributed by atoms with E-state index in [9.17, 15) is 9.90 Å². The molecule has 2 heterocycles. The van der Waals surface area contributed by atoms with E-state index in [4.69, 9.17) is 4.99 Å². The highest BCUT2D eigenvalue weighted by molar-refractivity contribution is 9.11. The molecule has 2 aliphatic heterocycles. The van der Waals surface area contributed by atoms with Crippen LogP contribution in [0.25, 0.3) is 54.9 Å². The predicted molar refractivity (Wildman–Crippen MR) is 238 cm³/mol. The molecule has 0 unspecified atom stereocenters. The number of benzene rings is 8. The van der Waals surface area contributed by atoms with Crippen LogP contribution in [0.2, 0.25) is 0 Å². The smallest absolute Gasteiger partial charge is 0.201 e. The van der Waals surface area contributed by atoms with E-state index in [1.165, 1.54) is 0 Å². The number of Topliss-reactive ketones (excluding diaryl/α,β-unsaturated/α-hetero) is 1. The summed E-state index contributed by atoms with van der Waals surface area (Å²) in [6.07, 6.45) is 0. The first-order chi connectivity index (χ1) is 28.4. The summed E-state index contributed by atoms with van der Waals surface area (Å²) in [5.41, 5.74) is 10.9. The number of nitrogens with one attached hydrogen (secondary N) is 3. The van der Waals surface area contributed by atoms with Gasteiger partial charge in [0.05, 0.1) is 22.2 Å². The number of ketones is 1. The summed E-state index contributed by atoms with van der Waals surface area (Å²) in [6.45, 7) is 0. The number of rotatable bonds is 1. The van der Waals surface area contributed by atoms with Crippen molar-refractivity contribution in [2.75, 3.05) is 16.0 Å². The van der Waals surface area contributed by atoms with Crippen molar-refractivity contribution < 1.29 is 9.90 Å². The molecule has 4 N–H and O–H groups in total. The zero-order valence-corrected chi connectivity index (χ0v) is 33.6. The SMILES string of the molecule is O=C1C(c2ccc3c(Br)ccc4c3c2NC2(N4)c3ccccc3-c3ccccc32)=C(O)C1=c1ccc2c(Br)ccc3c2c1=NC1(N3)c2ccccc2-c2ccccc21. The monoisotopic (exact) mass is 874 g/mol. The van der Waals surface area contributed by atoms with Crippen LogP contribution in [0, 0.1) is 0 Å². The third-order valence-electron chi connectivity index (χ3n) is 12.8. The zero-order valence-electron chi connectivity index (χ0n) is 30.4. The minimum absolute atomic E-state index is 0.0408. The van der Waals surface area contributed by atoms with Crippen molar-refractivity contribution in [2.45, 2.75) is 11.3 Å². The molecule has 0 saturated heterocycles. The number of carbonyl (C=O) groups excluding carboxylic acids is 1. The molecule has 0 fully saturated rings. The molecule has 0 atom stereocenters. The Morgan fingerprint density at radius 1 is 0.500 bits per heavy atom. The molecule has 8 aromatic carbocycles. The number of allylic oxidation sites excluding steroid dienone is 2. The fraction of sp³-hybridized carbons (Fsp3) is 0.0400. The van der Waals surface area contributed by atoms with Crippen molar-refractivity contribution in [1.82, 2.24) is 0 Å². The molecule has 13 rings (SSSR count). The van der Waals surface area contributed by atoms with E-state index in [-0.39, 0.29) is 22.7 Å². The van der Waals surface area contributed by atoms with Gasteiger partial charge >= 0.3 is 0 Å². The van der Waals surface area contributed by atoms with Crippen LogP contribution < -0.4 is 26.5 Å². The molecule has 5 aliphatic rings. The maximum Gasteiger partial charge on any atom is 0.201 e. The fourth-order valence-corrected chi connectivity index (χ4v) is 11.3. The molecule has 0 radical (unpaired) electrons. The van der Waals surface area contributed by atoms with Gasteiger partial charge in [-0.1, -0.05) is 153 Å². The van der Waals surface area contributed by atoms with Crippen molar-refractivity contribution in [1.29, 1.82) is 0 Å². The Hall–Kier alpha value is -6.48. The molecule has 8 heteroatoms. The first kappa shape index (κ1) is 32.6. The van der Waals surface area contributed by atoms with Crippen molar-refractivity contribution >= 4 is 87.4 Å². The number of nitrogens with zero attached hydrogens (tertiary/aromatic N) is 1. The van der Waals surface area contributed by atoms with E-state index in [2.05, 4.69) is 151 Å². The number of anilines is 3. The van der Waals surface area contributed by atoms with Crippen molar-refractivity contribution in [3.05, 3.63) is 199 Å². The van der Waals surface area contributed by atoms with Crippen molar-refractivity contribution in [2.24, 2.45) is 4.99 Å². The van der Waals surface area contributed by atoms with Crippen LogP contribution in [0.4, 0.5) is 17.1 Å². The predicted octanol–water partition coefficient (Wildman–Crippen LogP) is 10.9. The van der Waals surface area contributed by atoms with Crippen LogP contribution in [-0.4, -0.2) is 10.9 Å². The number of halogens is 2. The number of aliphatic hydroxyl groups is 1. The van der Waals surface area contributed by atoms with Gasteiger partial charge in [-0.15, -0.1) is 0 Å². The molecule has 8 aromatic rings. The second-order valence-corrected chi connectivity index (χ2v) is 17.3. The molecule has 274 valence electrons. The minimum atomic E-state index is -0.933. The van der Waals surface area contributed by atoms with E-state index < -0.39 is 11.3 Å². The molecule has 6 nitrogen and oxygen atoms in total. The van der Waals surface area contributed by atoms with Gasteiger partial charge in [-0.05, 0) is 46.5 Å². The maximum atomic E-state index is 15.0. The highest BCUT2D eigenvalue weighted by Crippen LogP contribution is 2.56. The Bertz CT molecular complexity index is 3370. The average molecular weight is 877 g/mol.